The van der Waals surface area contributed by atoms with Crippen molar-refractivity contribution in [2.24, 2.45) is 5.92 Å². The molecule has 2 atom stereocenters. The normalized spacial score (nSPS) is 13.1. The van der Waals surface area contributed by atoms with Gasteiger partial charge in [0, 0.05) is 18.8 Å². The van der Waals surface area contributed by atoms with Gasteiger partial charge in [-0.25, -0.2) is 4.98 Å². The third-order valence-electron chi connectivity index (χ3n) is 4.45. The Labute approximate surface area is 159 Å². The maximum atomic E-state index is 12.7. The van der Waals surface area contributed by atoms with E-state index in [1.165, 1.54) is 18.3 Å². The maximum absolute atomic E-state index is 12.7. The van der Waals surface area contributed by atoms with Gasteiger partial charge in [0.05, 0.1) is 11.6 Å². The first-order valence-electron chi connectivity index (χ1n) is 8.91. The summed E-state index contributed by atoms with van der Waals surface area (Å²) in [6.45, 7) is 8.23. The van der Waals surface area contributed by atoms with Gasteiger partial charge < -0.3 is 4.74 Å². The number of benzene rings is 1. The lowest BCUT2D eigenvalue weighted by Gasteiger charge is -2.21. The number of nitrogens with zero attached hydrogens (tertiary/aromatic N) is 2. The molecule has 0 saturated carbocycles. The SMILES string of the molecule is CCC(C)C(C(=O)OCc1csc(N(CC)C(C)=O)n1)c1ccccc1. The van der Waals surface area contributed by atoms with E-state index in [2.05, 4.69) is 18.8 Å². The first-order chi connectivity index (χ1) is 12.5. The lowest BCUT2D eigenvalue weighted by atomic mass is 9.86. The van der Waals surface area contributed by atoms with Crippen LogP contribution in [-0.4, -0.2) is 23.4 Å². The number of hydrogen-bond donors (Lipinski definition) is 0. The molecule has 140 valence electrons. The smallest absolute Gasteiger partial charge is 0.314 e. The molecule has 0 aliphatic carbocycles. The summed E-state index contributed by atoms with van der Waals surface area (Å²) >= 11 is 1.38. The van der Waals surface area contributed by atoms with Gasteiger partial charge in [-0.2, -0.15) is 0 Å². The fraction of sp³-hybridized carbons (Fsp3) is 0.450. The Morgan fingerprint density at radius 3 is 2.50 bits per heavy atom. The summed E-state index contributed by atoms with van der Waals surface area (Å²) in [6.07, 6.45) is 0.888. The Morgan fingerprint density at radius 1 is 1.23 bits per heavy atom. The van der Waals surface area contributed by atoms with Crippen molar-refractivity contribution in [3.05, 3.63) is 47.0 Å². The van der Waals surface area contributed by atoms with E-state index in [1.54, 1.807) is 4.90 Å². The number of thiazole rings is 1. The van der Waals surface area contributed by atoms with Crippen molar-refractivity contribution < 1.29 is 14.3 Å². The van der Waals surface area contributed by atoms with Crippen LogP contribution in [0.25, 0.3) is 0 Å². The van der Waals surface area contributed by atoms with E-state index in [1.807, 2.05) is 42.6 Å². The van der Waals surface area contributed by atoms with E-state index in [0.29, 0.717) is 17.4 Å². The second kappa shape index (κ2) is 9.48. The molecule has 5 nitrogen and oxygen atoms in total. The molecule has 2 rings (SSSR count). The highest BCUT2D eigenvalue weighted by Crippen LogP contribution is 2.29. The zero-order valence-electron chi connectivity index (χ0n) is 15.8. The number of amides is 1. The minimum Gasteiger partial charge on any atom is -0.459 e. The predicted octanol–water partition coefficient (Wildman–Crippen LogP) is 4.39. The number of carbonyl (C=O) groups is 2. The lowest BCUT2D eigenvalue weighted by molar-refractivity contribution is -0.148. The standard InChI is InChI=1S/C20H26N2O3S/c1-5-14(3)18(16-10-8-7-9-11-16)19(24)25-12-17-13-26-20(21-17)22(6-2)15(4)23/h7-11,13-14,18H,5-6,12H2,1-4H3. The average molecular weight is 375 g/mol. The van der Waals surface area contributed by atoms with Crippen LogP contribution in [0, 0.1) is 5.92 Å². The molecule has 0 aliphatic heterocycles. The van der Waals surface area contributed by atoms with Gasteiger partial charge in [0.25, 0.3) is 0 Å². The van der Waals surface area contributed by atoms with Gasteiger partial charge in [-0.3, -0.25) is 14.5 Å². The molecule has 0 fully saturated rings. The lowest BCUT2D eigenvalue weighted by Crippen LogP contribution is -2.27. The number of aromatic nitrogens is 1. The number of ether oxygens (including phenoxy) is 1. The Morgan fingerprint density at radius 2 is 1.92 bits per heavy atom. The topological polar surface area (TPSA) is 59.5 Å². The summed E-state index contributed by atoms with van der Waals surface area (Å²) < 4.78 is 5.56. The van der Waals surface area contributed by atoms with Gasteiger partial charge in [-0.1, -0.05) is 50.6 Å². The average Bonchev–Trinajstić information content (AvgIpc) is 3.09. The molecule has 0 spiro atoms. The molecule has 1 amide bonds. The Hall–Kier alpha value is -2.21. The van der Waals surface area contributed by atoms with Gasteiger partial charge >= 0.3 is 5.97 Å². The summed E-state index contributed by atoms with van der Waals surface area (Å²) in [5, 5.41) is 2.46. The summed E-state index contributed by atoms with van der Waals surface area (Å²) in [5.74, 6) is -0.391. The monoisotopic (exact) mass is 374 g/mol. The van der Waals surface area contributed by atoms with Crippen LogP contribution in [-0.2, 0) is 20.9 Å². The second-order valence-electron chi connectivity index (χ2n) is 6.27. The zero-order chi connectivity index (χ0) is 19.1. The molecule has 0 aliphatic rings. The largest absolute Gasteiger partial charge is 0.459 e. The van der Waals surface area contributed by atoms with Gasteiger partial charge in [-0.15, -0.1) is 11.3 Å². The Balaban J connectivity index is 2.06. The highest BCUT2D eigenvalue weighted by Gasteiger charge is 2.27. The fourth-order valence-electron chi connectivity index (χ4n) is 2.81. The van der Waals surface area contributed by atoms with Crippen LogP contribution in [0.2, 0.25) is 0 Å². The van der Waals surface area contributed by atoms with Crippen molar-refractivity contribution in [1.82, 2.24) is 4.98 Å². The molecule has 0 radical (unpaired) electrons. The molecular formula is C20H26N2O3S. The molecule has 2 unspecified atom stereocenters. The molecular weight excluding hydrogens is 348 g/mol. The van der Waals surface area contributed by atoms with Crippen LogP contribution >= 0.6 is 11.3 Å². The molecule has 0 N–H and O–H groups in total. The van der Waals surface area contributed by atoms with E-state index in [4.69, 9.17) is 4.74 Å². The van der Waals surface area contributed by atoms with Crippen molar-refractivity contribution in [1.29, 1.82) is 0 Å². The first kappa shape index (κ1) is 20.1. The van der Waals surface area contributed by atoms with Crippen LogP contribution < -0.4 is 4.90 Å². The Kier molecular flexibility index (Phi) is 7.33. The molecule has 1 aromatic carbocycles. The van der Waals surface area contributed by atoms with Gasteiger partial charge in [-0.05, 0) is 18.4 Å². The number of anilines is 1. The summed E-state index contributed by atoms with van der Waals surface area (Å²) in [4.78, 5) is 30.3. The van der Waals surface area contributed by atoms with Crippen molar-refractivity contribution in [3.8, 4) is 0 Å². The van der Waals surface area contributed by atoms with E-state index in [-0.39, 0.29) is 30.3 Å². The summed E-state index contributed by atoms with van der Waals surface area (Å²) in [5.41, 5.74) is 1.63. The molecule has 0 saturated heterocycles. The van der Waals surface area contributed by atoms with Crippen molar-refractivity contribution in [2.75, 3.05) is 11.4 Å². The number of hydrogen-bond acceptors (Lipinski definition) is 5. The number of esters is 1. The van der Waals surface area contributed by atoms with E-state index in [0.717, 1.165) is 12.0 Å². The van der Waals surface area contributed by atoms with Gasteiger partial charge in [0.1, 0.15) is 6.61 Å². The third kappa shape index (κ3) is 4.91. The fourth-order valence-corrected chi connectivity index (χ4v) is 3.72. The zero-order valence-corrected chi connectivity index (χ0v) is 16.6. The minimum absolute atomic E-state index is 0.0497. The molecule has 2 aromatic rings. The minimum atomic E-state index is -0.288. The molecule has 26 heavy (non-hydrogen) atoms. The quantitative estimate of drug-likeness (QED) is 0.643. The highest BCUT2D eigenvalue weighted by molar-refractivity contribution is 7.14. The van der Waals surface area contributed by atoms with E-state index < -0.39 is 0 Å². The molecule has 6 heteroatoms. The molecule has 1 aromatic heterocycles. The van der Waals surface area contributed by atoms with Crippen molar-refractivity contribution in [2.45, 2.75) is 46.6 Å². The first-order valence-corrected chi connectivity index (χ1v) is 9.79. The van der Waals surface area contributed by atoms with Crippen LogP contribution in [0.3, 0.4) is 0 Å². The van der Waals surface area contributed by atoms with Crippen LogP contribution in [0.15, 0.2) is 35.7 Å². The third-order valence-corrected chi connectivity index (χ3v) is 5.37. The van der Waals surface area contributed by atoms with Crippen molar-refractivity contribution in [3.63, 3.8) is 0 Å². The van der Waals surface area contributed by atoms with Crippen molar-refractivity contribution >= 4 is 28.3 Å². The summed E-state index contributed by atoms with van der Waals surface area (Å²) in [6, 6.07) is 9.74. The maximum Gasteiger partial charge on any atom is 0.314 e. The highest BCUT2D eigenvalue weighted by atomic mass is 32.1. The number of carbonyl (C=O) groups excluding carboxylic acids is 2. The van der Waals surface area contributed by atoms with E-state index >= 15 is 0 Å². The second-order valence-corrected chi connectivity index (χ2v) is 7.10. The number of rotatable bonds is 8. The van der Waals surface area contributed by atoms with Gasteiger partial charge in [0.2, 0.25) is 5.91 Å². The van der Waals surface area contributed by atoms with Gasteiger partial charge in [0.15, 0.2) is 5.13 Å². The van der Waals surface area contributed by atoms with E-state index in [9.17, 15) is 9.59 Å². The van der Waals surface area contributed by atoms with Crippen LogP contribution in [0.1, 0.15) is 51.3 Å². The predicted molar refractivity (Wildman–Crippen MR) is 104 cm³/mol. The Bertz CT molecular complexity index is 730. The van der Waals surface area contributed by atoms with Crippen LogP contribution in [0.4, 0.5) is 5.13 Å². The molecule has 0 bridgehead atoms. The molecule has 1 heterocycles. The van der Waals surface area contributed by atoms with Crippen LogP contribution in [0.5, 0.6) is 0 Å². The summed E-state index contributed by atoms with van der Waals surface area (Å²) in [7, 11) is 0.